The summed E-state index contributed by atoms with van der Waals surface area (Å²) in [6.07, 6.45) is 0. The van der Waals surface area contributed by atoms with Crippen molar-refractivity contribution in [1.82, 2.24) is 0 Å². The van der Waals surface area contributed by atoms with Gasteiger partial charge < -0.3 is 14.8 Å². The van der Waals surface area contributed by atoms with E-state index in [0.29, 0.717) is 32.8 Å². The molecule has 0 heterocycles. The summed E-state index contributed by atoms with van der Waals surface area (Å²) in [6.45, 7) is 0. The number of rotatable bonds is 4. The van der Waals surface area contributed by atoms with Gasteiger partial charge in [0.1, 0.15) is 11.5 Å². The van der Waals surface area contributed by atoms with Gasteiger partial charge in [0.2, 0.25) is 0 Å². The molecule has 0 aliphatic heterocycles. The van der Waals surface area contributed by atoms with E-state index >= 15 is 0 Å². The number of halogens is 2. The summed E-state index contributed by atoms with van der Waals surface area (Å²) in [4.78, 5) is 12.8. The molecule has 3 aromatic carbocycles. The minimum atomic E-state index is -0.282. The standard InChI is InChI=1S/C19H15Cl2NO3/c1-24-17-10-16(18(25-2)9-15(17)21)22-19(23)13-7-3-6-12-11(13)5-4-8-14(12)20/h3-10H,1-2H3,(H,22,23). The molecule has 0 spiro atoms. The smallest absolute Gasteiger partial charge is 0.256 e. The SMILES string of the molecule is COc1cc(NC(=O)c2cccc3c(Cl)cccc23)c(OC)cc1Cl. The first-order chi connectivity index (χ1) is 12.0. The average Bonchev–Trinajstić information content (AvgIpc) is 2.62. The quantitative estimate of drug-likeness (QED) is 0.662. The highest BCUT2D eigenvalue weighted by Gasteiger charge is 2.16. The third kappa shape index (κ3) is 3.36. The number of hydrogen-bond acceptors (Lipinski definition) is 3. The van der Waals surface area contributed by atoms with Gasteiger partial charge in [-0.1, -0.05) is 47.5 Å². The number of carbonyl (C=O) groups is 1. The van der Waals surface area contributed by atoms with E-state index in [4.69, 9.17) is 32.7 Å². The van der Waals surface area contributed by atoms with Crippen molar-refractivity contribution in [3.8, 4) is 11.5 Å². The maximum Gasteiger partial charge on any atom is 0.256 e. The van der Waals surface area contributed by atoms with Crippen molar-refractivity contribution in [2.45, 2.75) is 0 Å². The maximum absolute atomic E-state index is 12.8. The molecule has 6 heteroatoms. The minimum absolute atomic E-state index is 0.282. The zero-order chi connectivity index (χ0) is 18.0. The summed E-state index contributed by atoms with van der Waals surface area (Å²) >= 11 is 12.3. The molecule has 0 atom stereocenters. The second kappa shape index (κ2) is 7.21. The van der Waals surface area contributed by atoms with Crippen LogP contribution >= 0.6 is 23.2 Å². The molecule has 4 nitrogen and oxygen atoms in total. The van der Waals surface area contributed by atoms with E-state index in [1.807, 2.05) is 18.2 Å². The van der Waals surface area contributed by atoms with Gasteiger partial charge in [0.15, 0.2) is 0 Å². The Morgan fingerprint density at radius 3 is 2.28 bits per heavy atom. The van der Waals surface area contributed by atoms with Gasteiger partial charge >= 0.3 is 0 Å². The number of fused-ring (bicyclic) bond motifs is 1. The van der Waals surface area contributed by atoms with E-state index in [0.717, 1.165) is 10.8 Å². The fraction of sp³-hybridized carbons (Fsp3) is 0.105. The van der Waals surface area contributed by atoms with Gasteiger partial charge in [0.05, 0.1) is 24.9 Å². The Bertz CT molecular complexity index is 957. The van der Waals surface area contributed by atoms with Crippen LogP contribution in [0.3, 0.4) is 0 Å². The van der Waals surface area contributed by atoms with Crippen LogP contribution in [0.2, 0.25) is 10.0 Å². The zero-order valence-electron chi connectivity index (χ0n) is 13.6. The Kier molecular flexibility index (Phi) is 5.02. The van der Waals surface area contributed by atoms with Crippen molar-refractivity contribution in [1.29, 1.82) is 0 Å². The molecule has 128 valence electrons. The molecule has 0 aliphatic rings. The first-order valence-electron chi connectivity index (χ1n) is 7.45. The predicted molar refractivity (Wildman–Crippen MR) is 101 cm³/mol. The predicted octanol–water partition coefficient (Wildman–Crippen LogP) is 5.42. The monoisotopic (exact) mass is 375 g/mol. The van der Waals surface area contributed by atoms with Crippen LogP contribution < -0.4 is 14.8 Å². The molecule has 1 N–H and O–H groups in total. The molecule has 1 amide bonds. The van der Waals surface area contributed by atoms with E-state index < -0.39 is 0 Å². The second-order valence-corrected chi connectivity index (χ2v) is 6.10. The minimum Gasteiger partial charge on any atom is -0.495 e. The number of anilines is 1. The van der Waals surface area contributed by atoms with Crippen LogP contribution in [0.15, 0.2) is 48.5 Å². The Hall–Kier alpha value is -2.43. The summed E-state index contributed by atoms with van der Waals surface area (Å²) in [7, 11) is 3.01. The van der Waals surface area contributed by atoms with Crippen molar-refractivity contribution in [3.63, 3.8) is 0 Å². The molecule has 0 bridgehead atoms. The summed E-state index contributed by atoms with van der Waals surface area (Å²) in [6, 6.07) is 14.1. The van der Waals surface area contributed by atoms with E-state index in [2.05, 4.69) is 5.32 Å². The Morgan fingerprint density at radius 1 is 0.880 bits per heavy atom. The van der Waals surface area contributed by atoms with Crippen LogP contribution in [0.5, 0.6) is 11.5 Å². The lowest BCUT2D eigenvalue weighted by Crippen LogP contribution is -2.13. The third-order valence-corrected chi connectivity index (χ3v) is 4.46. The topological polar surface area (TPSA) is 47.6 Å². The highest BCUT2D eigenvalue weighted by Crippen LogP contribution is 2.36. The van der Waals surface area contributed by atoms with Gasteiger partial charge in [0.25, 0.3) is 5.91 Å². The molecule has 0 aliphatic carbocycles. The number of carbonyl (C=O) groups excluding carboxylic acids is 1. The van der Waals surface area contributed by atoms with Crippen molar-refractivity contribution >= 4 is 45.6 Å². The first kappa shape index (κ1) is 17.4. The summed E-state index contributed by atoms with van der Waals surface area (Å²) < 4.78 is 10.5. The highest BCUT2D eigenvalue weighted by molar-refractivity contribution is 6.36. The molecule has 3 aromatic rings. The number of hydrogen-bond donors (Lipinski definition) is 1. The van der Waals surface area contributed by atoms with Gasteiger partial charge in [-0.15, -0.1) is 0 Å². The second-order valence-electron chi connectivity index (χ2n) is 5.28. The fourth-order valence-electron chi connectivity index (χ4n) is 2.62. The average molecular weight is 376 g/mol. The van der Waals surface area contributed by atoms with E-state index in [1.165, 1.54) is 14.2 Å². The summed E-state index contributed by atoms with van der Waals surface area (Å²) in [5, 5.41) is 5.43. The van der Waals surface area contributed by atoms with Crippen molar-refractivity contribution in [2.75, 3.05) is 19.5 Å². The van der Waals surface area contributed by atoms with Gasteiger partial charge in [-0.3, -0.25) is 4.79 Å². The molecule has 0 fully saturated rings. The van der Waals surface area contributed by atoms with Gasteiger partial charge in [0, 0.05) is 28.1 Å². The number of amides is 1. The maximum atomic E-state index is 12.8. The number of ether oxygens (including phenoxy) is 2. The van der Waals surface area contributed by atoms with E-state index in [9.17, 15) is 4.79 Å². The molecule has 0 radical (unpaired) electrons. The van der Waals surface area contributed by atoms with Crippen molar-refractivity contribution in [2.24, 2.45) is 0 Å². The lowest BCUT2D eigenvalue weighted by molar-refractivity contribution is 0.102. The van der Waals surface area contributed by atoms with Crippen LogP contribution in [0.25, 0.3) is 10.8 Å². The van der Waals surface area contributed by atoms with Crippen LogP contribution in [-0.4, -0.2) is 20.1 Å². The van der Waals surface area contributed by atoms with Crippen molar-refractivity contribution in [3.05, 3.63) is 64.1 Å². The summed E-state index contributed by atoms with van der Waals surface area (Å²) in [5.74, 6) is 0.603. The van der Waals surface area contributed by atoms with Crippen LogP contribution in [0.4, 0.5) is 5.69 Å². The molecule has 0 unspecified atom stereocenters. The third-order valence-electron chi connectivity index (χ3n) is 3.84. The van der Waals surface area contributed by atoms with Crippen molar-refractivity contribution < 1.29 is 14.3 Å². The molecule has 25 heavy (non-hydrogen) atoms. The van der Waals surface area contributed by atoms with Crippen LogP contribution in [-0.2, 0) is 0 Å². The van der Waals surface area contributed by atoms with E-state index in [1.54, 1.807) is 30.3 Å². The first-order valence-corrected chi connectivity index (χ1v) is 8.21. The number of methoxy groups -OCH3 is 2. The molecular weight excluding hydrogens is 361 g/mol. The normalized spacial score (nSPS) is 10.6. The Balaban J connectivity index is 2.03. The Labute approximate surface area is 155 Å². The van der Waals surface area contributed by atoms with Gasteiger partial charge in [-0.05, 0) is 17.5 Å². The lowest BCUT2D eigenvalue weighted by atomic mass is 10.0. The van der Waals surface area contributed by atoms with Gasteiger partial charge in [-0.25, -0.2) is 0 Å². The zero-order valence-corrected chi connectivity index (χ0v) is 15.1. The molecular formula is C19H15Cl2NO3. The molecule has 3 rings (SSSR count). The molecule has 0 saturated heterocycles. The van der Waals surface area contributed by atoms with Crippen LogP contribution in [0.1, 0.15) is 10.4 Å². The number of benzene rings is 3. The fourth-order valence-corrected chi connectivity index (χ4v) is 3.09. The summed E-state index contributed by atoms with van der Waals surface area (Å²) in [5.41, 5.74) is 0.976. The largest absolute Gasteiger partial charge is 0.495 e. The molecule has 0 aromatic heterocycles. The van der Waals surface area contributed by atoms with Gasteiger partial charge in [-0.2, -0.15) is 0 Å². The van der Waals surface area contributed by atoms with E-state index in [-0.39, 0.29) is 5.91 Å². The molecule has 0 saturated carbocycles. The highest BCUT2D eigenvalue weighted by atomic mass is 35.5. The van der Waals surface area contributed by atoms with Crippen LogP contribution in [0, 0.1) is 0 Å². The Morgan fingerprint density at radius 2 is 1.56 bits per heavy atom. The number of nitrogens with one attached hydrogen (secondary N) is 1. The lowest BCUT2D eigenvalue weighted by Gasteiger charge is -2.14.